The van der Waals surface area contributed by atoms with Crippen LogP contribution in [0.2, 0.25) is 5.02 Å². The quantitative estimate of drug-likeness (QED) is 0.932. The predicted octanol–water partition coefficient (Wildman–Crippen LogP) is 3.94. The molecule has 0 saturated heterocycles. The molecule has 1 amide bonds. The molecule has 0 bridgehead atoms. The fraction of sp³-hybridized carbons (Fsp3) is 0.143. The lowest BCUT2D eigenvalue weighted by Crippen LogP contribution is -2.18. The van der Waals surface area contributed by atoms with Gasteiger partial charge in [0, 0.05) is 11.2 Å². The average Bonchev–Trinajstić information content (AvgIpc) is 2.37. The Morgan fingerprint density at radius 1 is 1.29 bits per heavy atom. The number of benzene rings is 1. The van der Waals surface area contributed by atoms with Gasteiger partial charge >= 0.3 is 6.18 Å². The summed E-state index contributed by atoms with van der Waals surface area (Å²) in [5.41, 5.74) is -0.688. The summed E-state index contributed by atoms with van der Waals surface area (Å²) < 4.78 is 38.3. The van der Waals surface area contributed by atoms with E-state index in [4.69, 9.17) is 11.6 Å². The molecule has 3 nitrogen and oxygen atoms in total. The van der Waals surface area contributed by atoms with Crippen LogP contribution in [0.1, 0.15) is 11.1 Å². The van der Waals surface area contributed by atoms with E-state index in [9.17, 15) is 18.0 Å². The van der Waals surface area contributed by atoms with Crippen LogP contribution >= 0.6 is 11.6 Å². The summed E-state index contributed by atoms with van der Waals surface area (Å²) in [6, 6.07) is 7.37. The van der Waals surface area contributed by atoms with E-state index < -0.39 is 17.6 Å². The zero-order valence-corrected chi connectivity index (χ0v) is 11.4. The number of amides is 1. The van der Waals surface area contributed by atoms with Gasteiger partial charge in [0.1, 0.15) is 0 Å². The molecule has 0 fully saturated rings. The van der Waals surface area contributed by atoms with E-state index in [1.165, 1.54) is 0 Å². The van der Waals surface area contributed by atoms with Gasteiger partial charge in [-0.2, -0.15) is 13.2 Å². The van der Waals surface area contributed by atoms with Gasteiger partial charge in [0.2, 0.25) is 5.91 Å². The van der Waals surface area contributed by atoms with Crippen LogP contribution in [0.25, 0.3) is 0 Å². The molecule has 1 aromatic carbocycles. The first-order chi connectivity index (χ1) is 9.86. The highest BCUT2D eigenvalue weighted by molar-refractivity contribution is 6.30. The van der Waals surface area contributed by atoms with E-state index in [-0.39, 0.29) is 12.1 Å². The van der Waals surface area contributed by atoms with Gasteiger partial charge in [-0.3, -0.25) is 9.78 Å². The number of alkyl halides is 3. The van der Waals surface area contributed by atoms with Crippen molar-refractivity contribution in [1.82, 2.24) is 4.98 Å². The molecule has 7 heteroatoms. The fourth-order valence-electron chi connectivity index (χ4n) is 1.77. The summed E-state index contributed by atoms with van der Waals surface area (Å²) in [4.78, 5) is 15.4. The van der Waals surface area contributed by atoms with Gasteiger partial charge in [-0.15, -0.1) is 0 Å². The Morgan fingerprint density at radius 2 is 2.05 bits per heavy atom. The number of carbonyl (C=O) groups excluding carboxylic acids is 1. The van der Waals surface area contributed by atoms with Crippen LogP contribution in [0, 0.1) is 0 Å². The third-order valence-corrected chi connectivity index (χ3v) is 2.89. The summed E-state index contributed by atoms with van der Waals surface area (Å²) in [5.74, 6) is -0.573. The minimum atomic E-state index is -4.55. The molecule has 1 heterocycles. The second kappa shape index (κ2) is 6.13. The minimum absolute atomic E-state index is 0.0766. The molecule has 0 saturated carbocycles. The molecule has 21 heavy (non-hydrogen) atoms. The largest absolute Gasteiger partial charge is 0.418 e. The molecule has 0 aliphatic carbocycles. The van der Waals surface area contributed by atoms with Crippen molar-refractivity contribution in [2.24, 2.45) is 0 Å². The van der Waals surface area contributed by atoms with E-state index in [0.29, 0.717) is 10.6 Å². The molecule has 2 rings (SSSR count). The predicted molar refractivity (Wildman–Crippen MR) is 73.0 cm³/mol. The third kappa shape index (κ3) is 4.19. The number of hydrogen-bond donors (Lipinski definition) is 1. The Labute approximate surface area is 123 Å². The average molecular weight is 315 g/mol. The number of nitrogens with zero attached hydrogens (tertiary/aromatic N) is 1. The van der Waals surface area contributed by atoms with Gasteiger partial charge in [0.05, 0.1) is 23.9 Å². The number of hydrogen-bond acceptors (Lipinski definition) is 2. The molecule has 0 radical (unpaired) electrons. The van der Waals surface area contributed by atoms with E-state index in [1.54, 1.807) is 24.3 Å². The highest BCUT2D eigenvalue weighted by atomic mass is 35.5. The summed E-state index contributed by atoms with van der Waals surface area (Å²) in [5, 5.41) is 2.68. The van der Waals surface area contributed by atoms with Crippen molar-refractivity contribution in [3.63, 3.8) is 0 Å². The number of nitrogens with one attached hydrogen (secondary N) is 1. The smallest absolute Gasteiger partial charge is 0.324 e. The first-order valence-electron chi connectivity index (χ1n) is 5.92. The van der Waals surface area contributed by atoms with Crippen molar-refractivity contribution in [3.05, 3.63) is 58.9 Å². The van der Waals surface area contributed by atoms with Gasteiger partial charge in [-0.05, 0) is 23.8 Å². The third-order valence-electron chi connectivity index (χ3n) is 2.65. The maximum absolute atomic E-state index is 12.8. The van der Waals surface area contributed by atoms with Crippen molar-refractivity contribution >= 4 is 23.2 Å². The van der Waals surface area contributed by atoms with Crippen LogP contribution in [0.5, 0.6) is 0 Å². The van der Waals surface area contributed by atoms with Gasteiger partial charge < -0.3 is 5.32 Å². The molecular formula is C14H10ClF3N2O. The number of carbonyl (C=O) groups is 1. The van der Waals surface area contributed by atoms with Crippen molar-refractivity contribution in [1.29, 1.82) is 0 Å². The topological polar surface area (TPSA) is 42.0 Å². The Hall–Kier alpha value is -2.08. The van der Waals surface area contributed by atoms with Crippen molar-refractivity contribution in [3.8, 4) is 0 Å². The first kappa shape index (κ1) is 15.3. The normalized spacial score (nSPS) is 11.2. The molecule has 0 aliphatic rings. The molecular weight excluding hydrogens is 305 g/mol. The van der Waals surface area contributed by atoms with Crippen molar-refractivity contribution in [2.75, 3.05) is 5.32 Å². The maximum Gasteiger partial charge on any atom is 0.418 e. The van der Waals surface area contributed by atoms with E-state index in [2.05, 4.69) is 10.3 Å². The maximum atomic E-state index is 12.8. The molecule has 1 N–H and O–H groups in total. The van der Waals surface area contributed by atoms with Crippen molar-refractivity contribution in [2.45, 2.75) is 12.6 Å². The summed E-state index contributed by atoms with van der Waals surface area (Å²) in [7, 11) is 0. The highest BCUT2D eigenvalue weighted by Crippen LogP contribution is 2.34. The number of halogens is 4. The van der Waals surface area contributed by atoms with Gasteiger partial charge in [-0.1, -0.05) is 23.7 Å². The zero-order valence-electron chi connectivity index (χ0n) is 10.6. The molecule has 110 valence electrons. The lowest BCUT2D eigenvalue weighted by Gasteiger charge is -2.13. The number of aromatic nitrogens is 1. The van der Waals surface area contributed by atoms with Crippen LogP contribution in [0.15, 0.2) is 42.7 Å². The van der Waals surface area contributed by atoms with E-state index >= 15 is 0 Å². The highest BCUT2D eigenvalue weighted by Gasteiger charge is 2.33. The number of anilines is 1. The SMILES string of the molecule is O=C(Cc1cccc(Cl)c1)Nc1cnccc1C(F)(F)F. The minimum Gasteiger partial charge on any atom is -0.324 e. The Balaban J connectivity index is 2.14. The number of rotatable bonds is 3. The molecule has 0 aliphatic heterocycles. The Kier molecular flexibility index (Phi) is 4.47. The standard InChI is InChI=1S/C14H10ClF3N2O/c15-10-3-1-2-9(6-10)7-13(21)20-12-8-19-5-4-11(12)14(16,17)18/h1-6,8H,7H2,(H,20,21). The molecule has 0 spiro atoms. The van der Waals surface area contributed by atoms with Crippen molar-refractivity contribution < 1.29 is 18.0 Å². The number of pyridine rings is 1. The van der Waals surface area contributed by atoms with Gasteiger partial charge in [0.15, 0.2) is 0 Å². The van der Waals surface area contributed by atoms with Crippen LogP contribution in [-0.4, -0.2) is 10.9 Å². The Morgan fingerprint density at radius 3 is 2.71 bits per heavy atom. The monoisotopic (exact) mass is 314 g/mol. The van der Waals surface area contributed by atoms with Crippen LogP contribution in [0.4, 0.5) is 18.9 Å². The summed E-state index contributed by atoms with van der Waals surface area (Å²) in [6.07, 6.45) is -2.64. The molecule has 2 aromatic rings. The zero-order chi connectivity index (χ0) is 15.5. The lowest BCUT2D eigenvalue weighted by atomic mass is 10.1. The molecule has 0 atom stereocenters. The fourth-order valence-corrected chi connectivity index (χ4v) is 1.98. The Bertz CT molecular complexity index is 659. The summed E-state index contributed by atoms with van der Waals surface area (Å²) in [6.45, 7) is 0. The van der Waals surface area contributed by atoms with Gasteiger partial charge in [-0.25, -0.2) is 0 Å². The van der Waals surface area contributed by atoms with E-state index in [0.717, 1.165) is 18.5 Å². The van der Waals surface area contributed by atoms with Crippen LogP contribution in [-0.2, 0) is 17.4 Å². The molecule has 1 aromatic heterocycles. The summed E-state index contributed by atoms with van der Waals surface area (Å²) >= 11 is 5.78. The van der Waals surface area contributed by atoms with Crippen LogP contribution < -0.4 is 5.32 Å². The second-order valence-electron chi connectivity index (χ2n) is 4.27. The molecule has 0 unspecified atom stereocenters. The van der Waals surface area contributed by atoms with E-state index in [1.807, 2.05) is 0 Å². The second-order valence-corrected chi connectivity index (χ2v) is 4.71. The van der Waals surface area contributed by atoms with Gasteiger partial charge in [0.25, 0.3) is 0 Å². The first-order valence-corrected chi connectivity index (χ1v) is 6.29. The lowest BCUT2D eigenvalue weighted by molar-refractivity contribution is -0.137. The van der Waals surface area contributed by atoms with Crippen LogP contribution in [0.3, 0.4) is 0 Å².